The molecule has 0 fully saturated rings. The third kappa shape index (κ3) is 10.8. The second kappa shape index (κ2) is 13.9. The summed E-state index contributed by atoms with van der Waals surface area (Å²) in [5, 5.41) is 16.4. The van der Waals surface area contributed by atoms with E-state index in [2.05, 4.69) is 46.2 Å². The van der Waals surface area contributed by atoms with Gasteiger partial charge in [0.05, 0.1) is 6.04 Å². The maximum absolute atomic E-state index is 12.3. The van der Waals surface area contributed by atoms with Crippen LogP contribution in [0.25, 0.3) is 0 Å². The van der Waals surface area contributed by atoms with Gasteiger partial charge < -0.3 is 38.3 Å². The average molecular weight is 452 g/mol. The minimum Gasteiger partial charge on any atom is -0.480 e. The van der Waals surface area contributed by atoms with Crippen molar-refractivity contribution in [1.82, 2.24) is 16.0 Å². The Labute approximate surface area is 179 Å². The molecule has 0 aromatic rings. The molecule has 29 heavy (non-hydrogen) atoms. The van der Waals surface area contributed by atoms with Gasteiger partial charge in [0.25, 0.3) is 0 Å². The maximum atomic E-state index is 12.3. The molecule has 0 spiro atoms. The average Bonchev–Trinajstić information content (AvgIpc) is 2.66. The highest BCUT2D eigenvalue weighted by molar-refractivity contribution is 7.80. The molecule has 0 aliphatic heterocycles. The van der Waals surface area contributed by atoms with E-state index in [4.69, 9.17) is 17.2 Å². The van der Waals surface area contributed by atoms with E-state index in [0.29, 0.717) is 6.42 Å². The number of thiol groups is 2. The number of nitrogens with two attached hydrogens (primary N) is 3. The lowest BCUT2D eigenvalue weighted by Gasteiger charge is -2.22. The number of carboxylic acid groups (broad SMARTS) is 1. The van der Waals surface area contributed by atoms with E-state index in [0.717, 1.165) is 0 Å². The Morgan fingerprint density at radius 2 is 1.55 bits per heavy atom. The molecule has 14 heteroatoms. The molecule has 0 saturated carbocycles. The summed E-state index contributed by atoms with van der Waals surface area (Å²) in [7, 11) is 0. The van der Waals surface area contributed by atoms with Gasteiger partial charge in [-0.15, -0.1) is 0 Å². The third-order valence-corrected chi connectivity index (χ3v) is 4.42. The van der Waals surface area contributed by atoms with Crippen LogP contribution in [0, 0.1) is 0 Å². The van der Waals surface area contributed by atoms with Gasteiger partial charge in [0.15, 0.2) is 5.96 Å². The first-order valence-electron chi connectivity index (χ1n) is 8.70. The van der Waals surface area contributed by atoms with Crippen LogP contribution < -0.4 is 33.2 Å². The second-order valence-electron chi connectivity index (χ2n) is 6.11. The van der Waals surface area contributed by atoms with Crippen LogP contribution in [0.3, 0.4) is 0 Å². The molecular weight excluding hydrogens is 422 g/mol. The first-order valence-corrected chi connectivity index (χ1v) is 9.96. The standard InChI is InChI=1S/C15H29N7O5S2/c1-7(20-12(24)8(16)5-28)11(23)22-10(6-29)13(25)21-9(14(26)27)3-2-4-19-15(17)18/h7-10,28-29H,2-6,16H2,1H3,(H,20,24)(H,21,25)(H,22,23)(H,26,27)(H4,17,18,19). The number of guanidine groups is 1. The van der Waals surface area contributed by atoms with Crippen molar-refractivity contribution >= 4 is 54.9 Å². The summed E-state index contributed by atoms with van der Waals surface area (Å²) in [6.07, 6.45) is 0.403. The molecule has 4 atom stereocenters. The number of amides is 3. The fourth-order valence-corrected chi connectivity index (χ4v) is 2.42. The molecule has 3 amide bonds. The van der Waals surface area contributed by atoms with Crippen LogP contribution in [-0.2, 0) is 19.2 Å². The van der Waals surface area contributed by atoms with Crippen LogP contribution >= 0.6 is 25.3 Å². The van der Waals surface area contributed by atoms with E-state index in [1.165, 1.54) is 6.92 Å². The van der Waals surface area contributed by atoms with Crippen molar-refractivity contribution < 1.29 is 24.3 Å². The number of nitrogens with one attached hydrogen (secondary N) is 3. The molecule has 0 aromatic heterocycles. The van der Waals surface area contributed by atoms with Crippen molar-refractivity contribution in [3.05, 3.63) is 0 Å². The molecular formula is C15H29N7O5S2. The van der Waals surface area contributed by atoms with Gasteiger partial charge in [-0.2, -0.15) is 25.3 Å². The number of aliphatic carboxylic acids is 1. The number of hydrogen-bond donors (Lipinski definition) is 9. The lowest BCUT2D eigenvalue weighted by molar-refractivity contribution is -0.142. The number of carbonyl (C=O) groups is 4. The summed E-state index contributed by atoms with van der Waals surface area (Å²) >= 11 is 7.91. The topological polar surface area (TPSA) is 215 Å². The van der Waals surface area contributed by atoms with Gasteiger partial charge in [-0.3, -0.25) is 19.4 Å². The van der Waals surface area contributed by atoms with Gasteiger partial charge in [0.2, 0.25) is 17.7 Å². The Morgan fingerprint density at radius 3 is 2.03 bits per heavy atom. The van der Waals surface area contributed by atoms with Crippen molar-refractivity contribution in [1.29, 1.82) is 0 Å². The molecule has 0 aliphatic carbocycles. The van der Waals surface area contributed by atoms with Crippen molar-refractivity contribution in [2.24, 2.45) is 22.2 Å². The van der Waals surface area contributed by atoms with Crippen molar-refractivity contribution in [3.8, 4) is 0 Å². The van der Waals surface area contributed by atoms with E-state index in [1.54, 1.807) is 0 Å². The molecule has 0 aromatic carbocycles. The molecule has 0 bridgehead atoms. The Kier molecular flexibility index (Phi) is 12.8. The van der Waals surface area contributed by atoms with E-state index >= 15 is 0 Å². The van der Waals surface area contributed by atoms with Gasteiger partial charge >= 0.3 is 5.97 Å². The second-order valence-corrected chi connectivity index (χ2v) is 6.84. The summed E-state index contributed by atoms with van der Waals surface area (Å²) in [6.45, 7) is 1.62. The summed E-state index contributed by atoms with van der Waals surface area (Å²) in [5.41, 5.74) is 15.9. The fourth-order valence-electron chi connectivity index (χ4n) is 1.99. The Bertz CT molecular complexity index is 616. The molecule has 0 radical (unpaired) electrons. The normalized spacial score (nSPS) is 14.6. The lowest BCUT2D eigenvalue weighted by Crippen LogP contribution is -2.57. The van der Waals surface area contributed by atoms with Crippen LogP contribution in [0.5, 0.6) is 0 Å². The Hall–Kier alpha value is -2.19. The molecule has 0 rings (SSSR count). The SMILES string of the molecule is CC(NC(=O)C(N)CS)C(=O)NC(CS)C(=O)NC(CCCN=C(N)N)C(=O)O. The van der Waals surface area contributed by atoms with Gasteiger partial charge in [0.1, 0.15) is 18.1 Å². The van der Waals surface area contributed by atoms with Gasteiger partial charge in [-0.25, -0.2) is 4.79 Å². The lowest BCUT2D eigenvalue weighted by atomic mass is 10.1. The molecule has 4 unspecified atom stereocenters. The summed E-state index contributed by atoms with van der Waals surface area (Å²) < 4.78 is 0. The van der Waals surface area contributed by atoms with Crippen molar-refractivity contribution in [3.63, 3.8) is 0 Å². The number of rotatable bonds is 13. The van der Waals surface area contributed by atoms with Gasteiger partial charge in [-0.1, -0.05) is 0 Å². The number of nitrogens with zero attached hydrogens (tertiary/aromatic N) is 1. The summed E-state index contributed by atoms with van der Waals surface area (Å²) in [5.74, 6) is -3.30. The minimum absolute atomic E-state index is 0.0825. The Morgan fingerprint density at radius 1 is 0.966 bits per heavy atom. The van der Waals surface area contributed by atoms with E-state index in [-0.39, 0.29) is 30.4 Å². The third-order valence-electron chi connectivity index (χ3n) is 3.66. The van der Waals surface area contributed by atoms with Crippen molar-refractivity contribution in [2.75, 3.05) is 18.1 Å². The highest BCUT2D eigenvalue weighted by atomic mass is 32.1. The smallest absolute Gasteiger partial charge is 0.326 e. The predicted octanol–water partition coefficient (Wildman–Crippen LogP) is -3.21. The number of carbonyl (C=O) groups excluding carboxylic acids is 3. The van der Waals surface area contributed by atoms with Crippen molar-refractivity contribution in [2.45, 2.75) is 43.9 Å². The monoisotopic (exact) mass is 451 g/mol. The van der Waals surface area contributed by atoms with Gasteiger partial charge in [-0.05, 0) is 19.8 Å². The van der Waals surface area contributed by atoms with Crippen LogP contribution in [0.1, 0.15) is 19.8 Å². The molecule has 0 heterocycles. The zero-order chi connectivity index (χ0) is 22.6. The largest absolute Gasteiger partial charge is 0.480 e. The first kappa shape index (κ1) is 26.8. The summed E-state index contributed by atoms with van der Waals surface area (Å²) in [6, 6.07) is -4.16. The van der Waals surface area contributed by atoms with Crippen LogP contribution in [0.15, 0.2) is 4.99 Å². The number of hydrogen-bond acceptors (Lipinski definition) is 8. The van der Waals surface area contributed by atoms with E-state index in [9.17, 15) is 24.3 Å². The number of aliphatic imine (C=N–C) groups is 1. The minimum atomic E-state index is -1.24. The predicted molar refractivity (Wildman–Crippen MR) is 115 cm³/mol. The van der Waals surface area contributed by atoms with Crippen LogP contribution in [0.4, 0.5) is 0 Å². The molecule has 166 valence electrons. The highest BCUT2D eigenvalue weighted by Gasteiger charge is 2.27. The van der Waals surface area contributed by atoms with E-state index in [1.807, 2.05) is 0 Å². The zero-order valence-corrected chi connectivity index (χ0v) is 17.8. The highest BCUT2D eigenvalue weighted by Crippen LogP contribution is 2.01. The fraction of sp³-hybridized carbons (Fsp3) is 0.667. The molecule has 10 N–H and O–H groups in total. The molecule has 0 aliphatic rings. The molecule has 0 saturated heterocycles. The zero-order valence-electron chi connectivity index (χ0n) is 16.0. The first-order chi connectivity index (χ1) is 13.5. The maximum Gasteiger partial charge on any atom is 0.326 e. The quantitative estimate of drug-likeness (QED) is 0.0599. The van der Waals surface area contributed by atoms with Crippen LogP contribution in [0.2, 0.25) is 0 Å². The van der Waals surface area contributed by atoms with Crippen LogP contribution in [-0.4, -0.2) is 77.0 Å². The Balaban J connectivity index is 4.78. The molecule has 12 nitrogen and oxygen atoms in total. The van der Waals surface area contributed by atoms with Gasteiger partial charge in [0, 0.05) is 18.1 Å². The van der Waals surface area contributed by atoms with E-state index < -0.39 is 47.9 Å². The summed E-state index contributed by atoms with van der Waals surface area (Å²) in [4.78, 5) is 51.3. The number of carboxylic acids is 1.